The minimum atomic E-state index is -4.18. The van der Waals surface area contributed by atoms with Crippen LogP contribution in [0.2, 0.25) is 0 Å². The molecular weight excluding hydrogens is 435 g/mol. The molecule has 0 atom stereocenters. The second kappa shape index (κ2) is 7.39. The molecule has 1 amide bonds. The maximum Gasteiger partial charge on any atom is 0.391 e. The Balaban J connectivity index is 1.63. The maximum absolute atomic E-state index is 13.3. The summed E-state index contributed by atoms with van der Waals surface area (Å²) in [6, 6.07) is 9.30. The number of fused-ring (bicyclic) bond motifs is 2. The highest BCUT2D eigenvalue weighted by Crippen LogP contribution is 2.42. The van der Waals surface area contributed by atoms with Gasteiger partial charge in [0.1, 0.15) is 5.82 Å². The molecule has 0 bridgehead atoms. The van der Waals surface area contributed by atoms with Gasteiger partial charge in [0.25, 0.3) is 0 Å². The van der Waals surface area contributed by atoms with Crippen molar-refractivity contribution in [2.75, 3.05) is 10.2 Å². The van der Waals surface area contributed by atoms with Crippen LogP contribution in [-0.2, 0) is 11.3 Å². The topological polar surface area (TPSA) is 45.2 Å². The Morgan fingerprint density at radius 3 is 2.64 bits per heavy atom. The molecule has 0 unspecified atom stereocenters. The van der Waals surface area contributed by atoms with Crippen LogP contribution in [0.1, 0.15) is 31.2 Å². The van der Waals surface area contributed by atoms with Gasteiger partial charge in [-0.3, -0.25) is 4.79 Å². The summed E-state index contributed by atoms with van der Waals surface area (Å²) in [6.07, 6.45) is -1.96. The summed E-state index contributed by atoms with van der Waals surface area (Å²) in [7, 11) is 0. The third-order valence-corrected chi connectivity index (χ3v) is 6.02. The number of carbonyl (C=O) groups excluding carboxylic acids is 1. The van der Waals surface area contributed by atoms with E-state index in [2.05, 4.69) is 26.2 Å². The standard InChI is InChI=1S/C20H19BrF3N3O/c21-15-7-8-16-17(10-15)27(11-13-2-1-9-25-18(13)26-16)19(28)12-3-5-14(6-4-12)20(22,23)24/h1-2,7-10,12,14H,3-6,11H2,(H,25,26). The monoisotopic (exact) mass is 453 g/mol. The van der Waals surface area contributed by atoms with Crippen LogP contribution in [0.5, 0.6) is 0 Å². The number of carbonyl (C=O) groups is 1. The van der Waals surface area contributed by atoms with E-state index in [4.69, 9.17) is 0 Å². The van der Waals surface area contributed by atoms with Gasteiger partial charge in [-0.15, -0.1) is 0 Å². The van der Waals surface area contributed by atoms with Crippen LogP contribution in [0.25, 0.3) is 0 Å². The van der Waals surface area contributed by atoms with E-state index < -0.39 is 18.0 Å². The number of pyridine rings is 1. The molecule has 0 radical (unpaired) electrons. The van der Waals surface area contributed by atoms with Crippen LogP contribution in [0.4, 0.5) is 30.4 Å². The van der Waals surface area contributed by atoms with E-state index in [0.29, 0.717) is 18.1 Å². The molecule has 28 heavy (non-hydrogen) atoms. The average Bonchev–Trinajstić information content (AvgIpc) is 2.83. The Bertz CT molecular complexity index is 895. The van der Waals surface area contributed by atoms with Gasteiger partial charge in [0, 0.05) is 22.2 Å². The molecule has 1 fully saturated rings. The van der Waals surface area contributed by atoms with Gasteiger partial charge in [0.05, 0.1) is 23.8 Å². The van der Waals surface area contributed by atoms with Crippen LogP contribution in [0, 0.1) is 11.8 Å². The molecule has 8 heteroatoms. The summed E-state index contributed by atoms with van der Waals surface area (Å²) in [5.41, 5.74) is 2.32. The van der Waals surface area contributed by atoms with E-state index in [0.717, 1.165) is 15.7 Å². The first-order valence-corrected chi connectivity index (χ1v) is 10.0. The van der Waals surface area contributed by atoms with Crippen LogP contribution in [0.3, 0.4) is 0 Å². The highest BCUT2D eigenvalue weighted by Gasteiger charge is 2.43. The number of aromatic nitrogens is 1. The molecule has 2 heterocycles. The first kappa shape index (κ1) is 19.2. The lowest BCUT2D eigenvalue weighted by Gasteiger charge is -2.33. The number of hydrogen-bond acceptors (Lipinski definition) is 3. The van der Waals surface area contributed by atoms with E-state index in [1.54, 1.807) is 11.1 Å². The van der Waals surface area contributed by atoms with E-state index in [1.165, 1.54) is 0 Å². The van der Waals surface area contributed by atoms with Crippen LogP contribution < -0.4 is 10.2 Å². The Kier molecular flexibility index (Phi) is 5.07. The summed E-state index contributed by atoms with van der Waals surface area (Å²) in [6.45, 7) is 0.331. The number of anilines is 3. The van der Waals surface area contributed by atoms with Crippen molar-refractivity contribution in [1.82, 2.24) is 4.98 Å². The molecule has 0 spiro atoms. The summed E-state index contributed by atoms with van der Waals surface area (Å²) < 4.78 is 39.7. The van der Waals surface area contributed by atoms with E-state index in [1.807, 2.05) is 30.3 Å². The van der Waals surface area contributed by atoms with Crippen LogP contribution >= 0.6 is 15.9 Å². The van der Waals surface area contributed by atoms with Crippen molar-refractivity contribution in [3.8, 4) is 0 Å². The summed E-state index contributed by atoms with van der Waals surface area (Å²) in [5, 5.41) is 3.27. The van der Waals surface area contributed by atoms with E-state index >= 15 is 0 Å². The van der Waals surface area contributed by atoms with E-state index in [9.17, 15) is 18.0 Å². The number of benzene rings is 1. The Morgan fingerprint density at radius 1 is 1.18 bits per heavy atom. The number of hydrogen-bond donors (Lipinski definition) is 1. The largest absolute Gasteiger partial charge is 0.391 e. The van der Waals surface area contributed by atoms with Crippen molar-refractivity contribution >= 4 is 39.0 Å². The van der Waals surface area contributed by atoms with Crippen LogP contribution in [0.15, 0.2) is 41.0 Å². The Hall–Kier alpha value is -2.09. The zero-order valence-electron chi connectivity index (χ0n) is 15.0. The van der Waals surface area contributed by atoms with Gasteiger partial charge in [-0.1, -0.05) is 22.0 Å². The zero-order chi connectivity index (χ0) is 19.9. The molecule has 4 rings (SSSR count). The number of rotatable bonds is 1. The number of nitrogens with zero attached hydrogens (tertiary/aromatic N) is 2. The molecule has 4 nitrogen and oxygen atoms in total. The van der Waals surface area contributed by atoms with Gasteiger partial charge >= 0.3 is 6.18 Å². The molecule has 1 aromatic carbocycles. The summed E-state index contributed by atoms with van der Waals surface area (Å²) >= 11 is 3.45. The fourth-order valence-corrected chi connectivity index (χ4v) is 4.33. The van der Waals surface area contributed by atoms with Crippen molar-refractivity contribution in [3.63, 3.8) is 0 Å². The van der Waals surface area contributed by atoms with Crippen molar-refractivity contribution < 1.29 is 18.0 Å². The molecule has 2 aromatic rings. The minimum Gasteiger partial charge on any atom is -0.338 e. The zero-order valence-corrected chi connectivity index (χ0v) is 16.6. The van der Waals surface area contributed by atoms with Gasteiger partial charge in [-0.05, 0) is 49.9 Å². The number of halogens is 4. The van der Waals surface area contributed by atoms with Crippen molar-refractivity contribution in [1.29, 1.82) is 0 Å². The van der Waals surface area contributed by atoms with Crippen molar-refractivity contribution in [3.05, 3.63) is 46.6 Å². The lowest BCUT2D eigenvalue weighted by Crippen LogP contribution is -2.39. The quantitative estimate of drug-likeness (QED) is 0.592. The minimum absolute atomic E-state index is 0.00941. The fourth-order valence-electron chi connectivity index (χ4n) is 3.98. The molecular formula is C20H19BrF3N3O. The molecule has 148 valence electrons. The van der Waals surface area contributed by atoms with Gasteiger partial charge in [0.15, 0.2) is 0 Å². The molecule has 2 aliphatic rings. The molecule has 1 N–H and O–H groups in total. The summed E-state index contributed by atoms with van der Waals surface area (Å²) in [5.74, 6) is -1.14. The Morgan fingerprint density at radius 2 is 1.93 bits per heavy atom. The molecule has 1 aliphatic heterocycles. The smallest absolute Gasteiger partial charge is 0.338 e. The van der Waals surface area contributed by atoms with Gasteiger partial charge in [-0.2, -0.15) is 13.2 Å². The molecule has 1 saturated carbocycles. The lowest BCUT2D eigenvalue weighted by molar-refractivity contribution is -0.184. The molecule has 1 aliphatic carbocycles. The maximum atomic E-state index is 13.3. The Labute approximate surface area is 169 Å². The SMILES string of the molecule is O=C(C1CCC(C(F)(F)F)CC1)N1Cc2cccnc2Nc2ccc(Br)cc21. The van der Waals surface area contributed by atoms with Gasteiger partial charge < -0.3 is 10.2 Å². The normalized spacial score (nSPS) is 21.9. The van der Waals surface area contributed by atoms with Gasteiger partial charge in [0.2, 0.25) is 5.91 Å². The predicted octanol–water partition coefficient (Wildman–Crippen LogP) is 5.80. The van der Waals surface area contributed by atoms with Crippen molar-refractivity contribution in [2.45, 2.75) is 38.4 Å². The highest BCUT2D eigenvalue weighted by molar-refractivity contribution is 9.10. The first-order chi connectivity index (χ1) is 13.3. The molecule has 1 aromatic heterocycles. The van der Waals surface area contributed by atoms with Crippen LogP contribution in [-0.4, -0.2) is 17.1 Å². The first-order valence-electron chi connectivity index (χ1n) is 9.21. The van der Waals surface area contributed by atoms with Crippen molar-refractivity contribution in [2.24, 2.45) is 11.8 Å². The number of amides is 1. The van der Waals surface area contributed by atoms with Gasteiger partial charge in [-0.25, -0.2) is 4.98 Å². The summed E-state index contributed by atoms with van der Waals surface area (Å²) in [4.78, 5) is 19.4. The average molecular weight is 454 g/mol. The third-order valence-electron chi connectivity index (χ3n) is 5.53. The number of nitrogens with one attached hydrogen (secondary N) is 1. The lowest BCUT2D eigenvalue weighted by atomic mass is 9.81. The second-order valence-electron chi connectivity index (χ2n) is 7.31. The highest BCUT2D eigenvalue weighted by atomic mass is 79.9. The third kappa shape index (κ3) is 3.74. The van der Waals surface area contributed by atoms with E-state index in [-0.39, 0.29) is 31.6 Å². The number of alkyl halides is 3. The fraction of sp³-hybridized carbons (Fsp3) is 0.400. The predicted molar refractivity (Wildman–Crippen MR) is 104 cm³/mol. The molecule has 0 saturated heterocycles. The second-order valence-corrected chi connectivity index (χ2v) is 8.23.